The van der Waals surface area contributed by atoms with E-state index in [1.165, 1.54) is 12.1 Å². The van der Waals surface area contributed by atoms with E-state index in [0.29, 0.717) is 39.1 Å². The second-order valence-electron chi connectivity index (χ2n) is 9.32. The summed E-state index contributed by atoms with van der Waals surface area (Å²) < 4.78 is 19.0. The van der Waals surface area contributed by atoms with Crippen molar-refractivity contribution in [1.82, 2.24) is 9.80 Å². The summed E-state index contributed by atoms with van der Waals surface area (Å²) in [6.45, 7) is 6.12. The molecule has 2 atom stereocenters. The molecular formula is C26H31FN4O3. The zero-order valence-corrected chi connectivity index (χ0v) is 19.7. The summed E-state index contributed by atoms with van der Waals surface area (Å²) >= 11 is 0. The number of halogens is 1. The van der Waals surface area contributed by atoms with E-state index in [9.17, 15) is 14.0 Å². The number of fused-ring (bicyclic) bond motifs is 3. The maximum atomic E-state index is 13.8. The smallest absolute Gasteiger partial charge is 0.228 e. The van der Waals surface area contributed by atoms with Gasteiger partial charge >= 0.3 is 0 Å². The van der Waals surface area contributed by atoms with Gasteiger partial charge in [0.25, 0.3) is 0 Å². The van der Waals surface area contributed by atoms with E-state index in [0.717, 1.165) is 35.8 Å². The summed E-state index contributed by atoms with van der Waals surface area (Å²) in [5.74, 6) is 0.581. The molecule has 180 valence electrons. The van der Waals surface area contributed by atoms with Gasteiger partial charge in [0.2, 0.25) is 11.8 Å². The Balaban J connectivity index is 1.43. The van der Waals surface area contributed by atoms with Crippen molar-refractivity contribution in [3.63, 3.8) is 0 Å². The number of rotatable bonds is 3. The van der Waals surface area contributed by atoms with E-state index in [1.807, 2.05) is 23.1 Å². The molecule has 0 aromatic heterocycles. The number of hydrogen-bond donors (Lipinski definition) is 0. The molecule has 2 amide bonds. The van der Waals surface area contributed by atoms with Crippen molar-refractivity contribution in [3.8, 4) is 5.75 Å². The number of anilines is 2. The average molecular weight is 467 g/mol. The fourth-order valence-corrected chi connectivity index (χ4v) is 5.55. The molecule has 5 rings (SSSR count). The normalized spacial score (nSPS) is 22.2. The number of benzene rings is 2. The fraction of sp³-hybridized carbons (Fsp3) is 0.462. The Hall–Kier alpha value is -3.29. The average Bonchev–Trinajstić information content (AvgIpc) is 2.87. The van der Waals surface area contributed by atoms with Crippen LogP contribution in [-0.2, 0) is 16.0 Å². The Morgan fingerprint density at radius 1 is 0.941 bits per heavy atom. The van der Waals surface area contributed by atoms with Gasteiger partial charge in [-0.05, 0) is 42.3 Å². The second kappa shape index (κ2) is 9.16. The molecule has 8 heteroatoms. The van der Waals surface area contributed by atoms with E-state index in [4.69, 9.17) is 4.74 Å². The Kier molecular flexibility index (Phi) is 6.06. The highest BCUT2D eigenvalue weighted by Gasteiger charge is 2.43. The largest absolute Gasteiger partial charge is 0.497 e. The Bertz CT molecular complexity index is 1070. The van der Waals surface area contributed by atoms with Gasteiger partial charge in [0, 0.05) is 70.2 Å². The monoisotopic (exact) mass is 466 g/mol. The molecule has 0 unspecified atom stereocenters. The third-order valence-electron chi connectivity index (χ3n) is 7.47. The maximum Gasteiger partial charge on any atom is 0.228 e. The first-order valence-electron chi connectivity index (χ1n) is 11.9. The van der Waals surface area contributed by atoms with Gasteiger partial charge in [0.1, 0.15) is 11.6 Å². The van der Waals surface area contributed by atoms with Crippen LogP contribution in [0.15, 0.2) is 42.5 Å². The van der Waals surface area contributed by atoms with Crippen molar-refractivity contribution >= 4 is 23.2 Å². The zero-order valence-electron chi connectivity index (χ0n) is 19.7. The van der Waals surface area contributed by atoms with Crippen LogP contribution in [0.5, 0.6) is 5.75 Å². The van der Waals surface area contributed by atoms with Crippen LogP contribution < -0.4 is 14.5 Å². The molecule has 2 aromatic carbocycles. The highest BCUT2D eigenvalue weighted by Crippen LogP contribution is 2.39. The lowest BCUT2D eigenvalue weighted by atomic mass is 9.82. The maximum absolute atomic E-state index is 13.8. The van der Waals surface area contributed by atoms with Crippen molar-refractivity contribution in [3.05, 3.63) is 53.8 Å². The van der Waals surface area contributed by atoms with Gasteiger partial charge in [-0.2, -0.15) is 0 Å². The number of carbonyl (C=O) groups is 2. The van der Waals surface area contributed by atoms with Crippen LogP contribution in [0.4, 0.5) is 15.8 Å². The molecule has 3 aliphatic rings. The molecule has 0 spiro atoms. The van der Waals surface area contributed by atoms with E-state index in [-0.39, 0.29) is 29.6 Å². The number of amides is 2. The highest BCUT2D eigenvalue weighted by atomic mass is 19.1. The van der Waals surface area contributed by atoms with Gasteiger partial charge in [-0.3, -0.25) is 9.59 Å². The minimum Gasteiger partial charge on any atom is -0.497 e. The molecule has 7 nitrogen and oxygen atoms in total. The standard InChI is InChI=1S/C26H31FN4O3/c1-18(32)28-9-11-29(12-10-28)26(33)23-15-19-3-8-22(34-2)16-24(19)31-14-13-30(17-25(23)31)21-6-4-20(27)5-7-21/h3-8,16,23,25H,9-15,17H2,1-2H3/t23-,25+/m0/s1. The second-order valence-corrected chi connectivity index (χ2v) is 9.32. The van der Waals surface area contributed by atoms with E-state index in [1.54, 1.807) is 18.9 Å². The Morgan fingerprint density at radius 2 is 1.65 bits per heavy atom. The van der Waals surface area contributed by atoms with Gasteiger partial charge in [0.05, 0.1) is 19.1 Å². The fourth-order valence-electron chi connectivity index (χ4n) is 5.55. The molecule has 2 aromatic rings. The lowest BCUT2D eigenvalue weighted by Crippen LogP contribution is -2.62. The zero-order chi connectivity index (χ0) is 23.8. The van der Waals surface area contributed by atoms with Gasteiger partial charge in [-0.25, -0.2) is 4.39 Å². The molecular weight excluding hydrogens is 435 g/mol. The first kappa shape index (κ1) is 22.5. The van der Waals surface area contributed by atoms with Gasteiger partial charge in [-0.15, -0.1) is 0 Å². The topological polar surface area (TPSA) is 56.3 Å². The van der Waals surface area contributed by atoms with Crippen molar-refractivity contribution < 1.29 is 18.7 Å². The molecule has 3 heterocycles. The third kappa shape index (κ3) is 4.17. The molecule has 2 saturated heterocycles. The minimum absolute atomic E-state index is 0.00301. The molecule has 3 aliphatic heterocycles. The van der Waals surface area contributed by atoms with Gasteiger partial charge in [-0.1, -0.05) is 6.07 Å². The van der Waals surface area contributed by atoms with E-state index < -0.39 is 0 Å². The number of piperazine rings is 2. The van der Waals surface area contributed by atoms with E-state index >= 15 is 0 Å². The van der Waals surface area contributed by atoms with Crippen molar-refractivity contribution in [1.29, 1.82) is 0 Å². The van der Waals surface area contributed by atoms with Crippen LogP contribution in [0.2, 0.25) is 0 Å². The van der Waals surface area contributed by atoms with Crippen LogP contribution in [0.3, 0.4) is 0 Å². The van der Waals surface area contributed by atoms with Gasteiger partial charge < -0.3 is 24.3 Å². The summed E-state index contributed by atoms with van der Waals surface area (Å²) in [4.78, 5) is 33.9. The molecule has 0 saturated carbocycles. The summed E-state index contributed by atoms with van der Waals surface area (Å²) in [6.07, 6.45) is 0.670. The summed E-state index contributed by atoms with van der Waals surface area (Å²) in [5.41, 5.74) is 3.26. The minimum atomic E-state index is -0.251. The predicted octanol–water partition coefficient (Wildman–Crippen LogP) is 2.39. The molecule has 0 N–H and O–H groups in total. The van der Waals surface area contributed by atoms with Crippen LogP contribution in [0, 0.1) is 11.7 Å². The predicted molar refractivity (Wildman–Crippen MR) is 129 cm³/mol. The summed E-state index contributed by atoms with van der Waals surface area (Å²) in [5, 5.41) is 0. The van der Waals surface area contributed by atoms with Crippen LogP contribution >= 0.6 is 0 Å². The quantitative estimate of drug-likeness (QED) is 0.696. The number of carbonyl (C=O) groups excluding carboxylic acids is 2. The van der Waals surface area contributed by atoms with Crippen LogP contribution in [-0.4, -0.2) is 80.6 Å². The lowest BCUT2D eigenvalue weighted by molar-refractivity contribution is -0.142. The third-order valence-corrected chi connectivity index (χ3v) is 7.47. The molecule has 0 aliphatic carbocycles. The molecule has 0 radical (unpaired) electrons. The molecule has 2 fully saturated rings. The lowest BCUT2D eigenvalue weighted by Gasteiger charge is -2.50. The number of hydrogen-bond acceptors (Lipinski definition) is 5. The Labute approximate surface area is 199 Å². The number of nitrogens with zero attached hydrogens (tertiary/aromatic N) is 4. The SMILES string of the molecule is COc1ccc2c(c1)N1CCN(c3ccc(F)cc3)C[C@@H]1[C@@H](C(=O)N1CCN(C(C)=O)CC1)C2. The number of methoxy groups -OCH3 is 1. The first-order chi connectivity index (χ1) is 16.4. The Morgan fingerprint density at radius 3 is 2.32 bits per heavy atom. The molecule has 34 heavy (non-hydrogen) atoms. The highest BCUT2D eigenvalue weighted by molar-refractivity contribution is 5.83. The molecule has 0 bridgehead atoms. The van der Waals surface area contributed by atoms with Crippen LogP contribution in [0.1, 0.15) is 12.5 Å². The van der Waals surface area contributed by atoms with E-state index in [2.05, 4.69) is 21.9 Å². The van der Waals surface area contributed by atoms with Crippen LogP contribution in [0.25, 0.3) is 0 Å². The van der Waals surface area contributed by atoms with Crippen molar-refractivity contribution in [2.45, 2.75) is 19.4 Å². The number of ether oxygens (including phenoxy) is 1. The van der Waals surface area contributed by atoms with Crippen molar-refractivity contribution in [2.75, 3.05) is 62.7 Å². The summed E-state index contributed by atoms with van der Waals surface area (Å²) in [6, 6.07) is 12.7. The van der Waals surface area contributed by atoms with Crippen molar-refractivity contribution in [2.24, 2.45) is 5.92 Å². The summed E-state index contributed by atoms with van der Waals surface area (Å²) in [7, 11) is 1.67. The first-order valence-corrected chi connectivity index (χ1v) is 11.9. The van der Waals surface area contributed by atoms with Gasteiger partial charge in [0.15, 0.2) is 0 Å².